The van der Waals surface area contributed by atoms with E-state index >= 15 is 0 Å². The van der Waals surface area contributed by atoms with Gasteiger partial charge in [-0.3, -0.25) is 4.90 Å². The Labute approximate surface area is 114 Å². The Bertz CT molecular complexity index is 243. The lowest BCUT2D eigenvalue weighted by atomic mass is 9.75. The summed E-state index contributed by atoms with van der Waals surface area (Å²) in [6.45, 7) is 12.2. The molecule has 2 aliphatic rings. The van der Waals surface area contributed by atoms with Gasteiger partial charge in [0.15, 0.2) is 0 Å². The van der Waals surface area contributed by atoms with Crippen LogP contribution in [0.1, 0.15) is 59.3 Å². The highest BCUT2D eigenvalue weighted by atomic mass is 15.2. The minimum atomic E-state index is 0.609. The zero-order chi connectivity index (χ0) is 13.0. The summed E-state index contributed by atoms with van der Waals surface area (Å²) in [5.41, 5.74) is 0.609. The Hall–Kier alpha value is -0.0800. The summed E-state index contributed by atoms with van der Waals surface area (Å²) in [5.74, 6) is 0.813. The van der Waals surface area contributed by atoms with E-state index in [0.717, 1.165) is 12.0 Å². The molecule has 1 N–H and O–H groups in total. The molecule has 0 radical (unpaired) electrons. The molecule has 0 spiro atoms. The van der Waals surface area contributed by atoms with Crippen molar-refractivity contribution in [1.29, 1.82) is 0 Å². The van der Waals surface area contributed by atoms with Crippen LogP contribution in [0.15, 0.2) is 0 Å². The first-order valence-corrected chi connectivity index (χ1v) is 8.03. The van der Waals surface area contributed by atoms with Gasteiger partial charge in [-0.15, -0.1) is 0 Å². The minimum Gasteiger partial charge on any atom is -0.311 e. The molecular weight excluding hydrogens is 220 g/mol. The third-order valence-corrected chi connectivity index (χ3v) is 4.76. The van der Waals surface area contributed by atoms with Gasteiger partial charge in [-0.25, -0.2) is 0 Å². The van der Waals surface area contributed by atoms with Gasteiger partial charge in [0.1, 0.15) is 0 Å². The van der Waals surface area contributed by atoms with Crippen LogP contribution < -0.4 is 5.32 Å². The highest BCUT2D eigenvalue weighted by Crippen LogP contribution is 2.36. The Morgan fingerprint density at radius 1 is 1.22 bits per heavy atom. The van der Waals surface area contributed by atoms with Crippen LogP contribution in [0.4, 0.5) is 0 Å². The molecule has 2 heteroatoms. The average molecular weight is 252 g/mol. The van der Waals surface area contributed by atoms with Crippen molar-refractivity contribution in [2.45, 2.75) is 65.3 Å². The number of hydrogen-bond donors (Lipinski definition) is 1. The molecule has 0 aromatic heterocycles. The molecule has 0 aromatic rings. The van der Waals surface area contributed by atoms with E-state index in [-0.39, 0.29) is 0 Å². The molecule has 106 valence electrons. The molecule has 2 nitrogen and oxygen atoms in total. The highest BCUT2D eigenvalue weighted by molar-refractivity contribution is 4.86. The Balaban J connectivity index is 1.81. The fourth-order valence-electron chi connectivity index (χ4n) is 3.87. The summed E-state index contributed by atoms with van der Waals surface area (Å²) < 4.78 is 0. The topological polar surface area (TPSA) is 15.3 Å². The van der Waals surface area contributed by atoms with Crippen molar-refractivity contribution in [1.82, 2.24) is 10.2 Å². The van der Waals surface area contributed by atoms with E-state index in [9.17, 15) is 0 Å². The summed E-state index contributed by atoms with van der Waals surface area (Å²) in [4.78, 5) is 2.73. The van der Waals surface area contributed by atoms with Gasteiger partial charge in [0.2, 0.25) is 0 Å². The van der Waals surface area contributed by atoms with Crippen LogP contribution >= 0.6 is 0 Å². The van der Waals surface area contributed by atoms with Crippen molar-refractivity contribution in [3.63, 3.8) is 0 Å². The molecule has 1 saturated heterocycles. The van der Waals surface area contributed by atoms with Crippen LogP contribution in [-0.2, 0) is 0 Å². The van der Waals surface area contributed by atoms with Crippen molar-refractivity contribution < 1.29 is 0 Å². The van der Waals surface area contributed by atoms with E-state index in [1.165, 1.54) is 64.7 Å². The lowest BCUT2D eigenvalue weighted by molar-refractivity contribution is 0.0936. The smallest absolute Gasteiger partial charge is 0.0198 e. The first kappa shape index (κ1) is 14.3. The Morgan fingerprint density at radius 3 is 2.61 bits per heavy atom. The van der Waals surface area contributed by atoms with Crippen molar-refractivity contribution in [2.75, 3.05) is 26.2 Å². The molecule has 1 heterocycles. The number of piperazine rings is 1. The van der Waals surface area contributed by atoms with Crippen LogP contribution in [0.25, 0.3) is 0 Å². The quantitative estimate of drug-likeness (QED) is 0.826. The molecule has 1 saturated carbocycles. The molecule has 2 fully saturated rings. The first-order valence-electron chi connectivity index (χ1n) is 8.03. The third-order valence-electron chi connectivity index (χ3n) is 4.76. The summed E-state index contributed by atoms with van der Waals surface area (Å²) >= 11 is 0. The molecule has 18 heavy (non-hydrogen) atoms. The molecule has 1 aliphatic heterocycles. The van der Waals surface area contributed by atoms with Crippen molar-refractivity contribution in [3.8, 4) is 0 Å². The van der Waals surface area contributed by atoms with E-state index in [4.69, 9.17) is 0 Å². The first-order chi connectivity index (χ1) is 8.57. The monoisotopic (exact) mass is 252 g/mol. The van der Waals surface area contributed by atoms with Crippen molar-refractivity contribution >= 4 is 0 Å². The Morgan fingerprint density at radius 2 is 1.94 bits per heavy atom. The van der Waals surface area contributed by atoms with Gasteiger partial charge in [-0.1, -0.05) is 40.0 Å². The van der Waals surface area contributed by atoms with E-state index in [0.29, 0.717) is 5.41 Å². The fraction of sp³-hybridized carbons (Fsp3) is 1.00. The summed E-state index contributed by atoms with van der Waals surface area (Å²) in [6.07, 6.45) is 8.61. The van der Waals surface area contributed by atoms with Crippen LogP contribution in [0.3, 0.4) is 0 Å². The molecule has 1 atom stereocenters. The molecule has 0 aromatic carbocycles. The lowest BCUT2D eigenvalue weighted by Gasteiger charge is -2.42. The normalized spacial score (nSPS) is 29.7. The van der Waals surface area contributed by atoms with Crippen LogP contribution in [0.5, 0.6) is 0 Å². The van der Waals surface area contributed by atoms with Gasteiger partial charge >= 0.3 is 0 Å². The summed E-state index contributed by atoms with van der Waals surface area (Å²) in [5, 5.41) is 3.69. The fourth-order valence-corrected chi connectivity index (χ4v) is 3.87. The largest absolute Gasteiger partial charge is 0.311 e. The zero-order valence-corrected chi connectivity index (χ0v) is 12.7. The number of rotatable bonds is 4. The van der Waals surface area contributed by atoms with Crippen LogP contribution in [0, 0.1) is 11.3 Å². The van der Waals surface area contributed by atoms with Crippen LogP contribution in [-0.4, -0.2) is 37.1 Å². The molecule has 0 bridgehead atoms. The predicted octanol–water partition coefficient (Wildman–Crippen LogP) is 3.28. The SMILES string of the molecule is CC(C)CC1CN(CC2(C)CCCCC2)CCN1. The second-order valence-corrected chi connectivity index (χ2v) is 7.39. The lowest BCUT2D eigenvalue weighted by Crippen LogP contribution is -2.53. The summed E-state index contributed by atoms with van der Waals surface area (Å²) in [7, 11) is 0. The van der Waals surface area contributed by atoms with Gasteiger partial charge in [0, 0.05) is 32.2 Å². The van der Waals surface area contributed by atoms with Gasteiger partial charge in [-0.05, 0) is 30.6 Å². The maximum atomic E-state index is 3.69. The van der Waals surface area contributed by atoms with E-state index < -0.39 is 0 Å². The van der Waals surface area contributed by atoms with Gasteiger partial charge in [0.25, 0.3) is 0 Å². The number of hydrogen-bond acceptors (Lipinski definition) is 2. The van der Waals surface area contributed by atoms with E-state index in [1.807, 2.05) is 0 Å². The molecule has 1 unspecified atom stereocenters. The van der Waals surface area contributed by atoms with Gasteiger partial charge < -0.3 is 5.32 Å². The number of nitrogens with one attached hydrogen (secondary N) is 1. The molecule has 0 amide bonds. The Kier molecular flexibility index (Phi) is 5.08. The zero-order valence-electron chi connectivity index (χ0n) is 12.7. The van der Waals surface area contributed by atoms with Crippen LogP contribution in [0.2, 0.25) is 0 Å². The van der Waals surface area contributed by atoms with Crippen molar-refractivity contribution in [2.24, 2.45) is 11.3 Å². The second-order valence-electron chi connectivity index (χ2n) is 7.39. The van der Waals surface area contributed by atoms with Crippen molar-refractivity contribution in [3.05, 3.63) is 0 Å². The molecular formula is C16H32N2. The second kappa shape index (κ2) is 6.38. The average Bonchev–Trinajstić information content (AvgIpc) is 2.28. The van der Waals surface area contributed by atoms with Gasteiger partial charge in [-0.2, -0.15) is 0 Å². The molecule has 2 rings (SSSR count). The van der Waals surface area contributed by atoms with E-state index in [2.05, 4.69) is 31.0 Å². The third kappa shape index (κ3) is 4.24. The standard InChI is InChI=1S/C16H32N2/c1-14(2)11-15-12-18(10-9-17-15)13-16(3)7-5-4-6-8-16/h14-15,17H,4-13H2,1-3H3. The maximum Gasteiger partial charge on any atom is 0.0198 e. The number of nitrogens with zero attached hydrogens (tertiary/aromatic N) is 1. The molecule has 1 aliphatic carbocycles. The maximum absolute atomic E-state index is 3.69. The minimum absolute atomic E-state index is 0.609. The van der Waals surface area contributed by atoms with E-state index in [1.54, 1.807) is 0 Å². The predicted molar refractivity (Wildman–Crippen MR) is 78.9 cm³/mol. The van der Waals surface area contributed by atoms with Gasteiger partial charge in [0.05, 0.1) is 0 Å². The highest BCUT2D eigenvalue weighted by Gasteiger charge is 2.31. The summed E-state index contributed by atoms with van der Waals surface area (Å²) in [6, 6.07) is 0.728.